The van der Waals surface area contributed by atoms with E-state index in [-0.39, 0.29) is 22.6 Å². The lowest BCUT2D eigenvalue weighted by Gasteiger charge is -2.18. The monoisotopic (exact) mass is 435 g/mol. The number of aryl methyl sites for hydroxylation is 1. The molecule has 0 radical (unpaired) electrons. The van der Waals surface area contributed by atoms with E-state index in [1.54, 1.807) is 12.1 Å². The third-order valence-electron chi connectivity index (χ3n) is 5.06. The number of nitro benzene ring substituents is 1. The first-order chi connectivity index (χ1) is 15.3. The molecule has 3 aromatic rings. The zero-order valence-electron chi connectivity index (χ0n) is 17.2. The van der Waals surface area contributed by atoms with Gasteiger partial charge in [0.2, 0.25) is 5.78 Å². The van der Waals surface area contributed by atoms with E-state index in [1.807, 2.05) is 6.92 Å². The van der Waals surface area contributed by atoms with Crippen LogP contribution in [0.3, 0.4) is 0 Å². The fourth-order valence-electron chi connectivity index (χ4n) is 3.56. The van der Waals surface area contributed by atoms with Crippen LogP contribution < -0.4 is 0 Å². The van der Waals surface area contributed by atoms with Crippen LogP contribution in [0.2, 0.25) is 0 Å². The normalized spacial score (nSPS) is 13.3. The Bertz CT molecular complexity index is 1280. The highest BCUT2D eigenvalue weighted by atomic mass is 16.6. The Balaban J connectivity index is 1.72. The fourth-order valence-corrected chi connectivity index (χ4v) is 3.56. The van der Waals surface area contributed by atoms with Gasteiger partial charge in [0.05, 0.1) is 4.92 Å². The van der Waals surface area contributed by atoms with Gasteiger partial charge < -0.3 is 9.26 Å². The number of nitrogens with zero attached hydrogens (tertiary/aromatic N) is 3. The molecule has 32 heavy (non-hydrogen) atoms. The number of carbonyl (C=O) groups is 3. The van der Waals surface area contributed by atoms with E-state index in [0.717, 1.165) is 12.5 Å². The number of aromatic nitrogens is 2. The number of ketones is 2. The lowest BCUT2D eigenvalue weighted by Crippen LogP contribution is -2.24. The Hall–Kier alpha value is -4.21. The van der Waals surface area contributed by atoms with E-state index in [1.165, 1.54) is 25.1 Å². The molecule has 1 aliphatic carbocycles. The number of nitro groups is 1. The third-order valence-corrected chi connectivity index (χ3v) is 5.06. The van der Waals surface area contributed by atoms with E-state index >= 15 is 0 Å². The molecule has 0 fully saturated rings. The highest BCUT2D eigenvalue weighted by Gasteiger charge is 2.39. The van der Waals surface area contributed by atoms with Gasteiger partial charge in [-0.1, -0.05) is 36.3 Å². The van der Waals surface area contributed by atoms with Crippen molar-refractivity contribution in [2.24, 2.45) is 0 Å². The number of benzene rings is 2. The first kappa shape index (κ1) is 21.0. The summed E-state index contributed by atoms with van der Waals surface area (Å²) < 4.78 is 10.4. The van der Waals surface area contributed by atoms with Crippen LogP contribution >= 0.6 is 0 Å². The van der Waals surface area contributed by atoms with Crippen molar-refractivity contribution in [3.8, 4) is 0 Å². The molecular weight excluding hydrogens is 418 g/mol. The summed E-state index contributed by atoms with van der Waals surface area (Å²) in [7, 11) is 0. The molecule has 0 saturated heterocycles. The summed E-state index contributed by atoms with van der Waals surface area (Å²) >= 11 is 0. The van der Waals surface area contributed by atoms with Gasteiger partial charge in [0.15, 0.2) is 17.7 Å². The summed E-state index contributed by atoms with van der Waals surface area (Å²) in [5, 5.41) is 15.7. The van der Waals surface area contributed by atoms with Crippen LogP contribution in [-0.2, 0) is 11.2 Å². The van der Waals surface area contributed by atoms with Gasteiger partial charge in [0, 0.05) is 23.1 Å². The van der Waals surface area contributed by atoms with Gasteiger partial charge in [0.25, 0.3) is 11.6 Å². The number of fused-ring (bicyclic) bond motifs is 2. The van der Waals surface area contributed by atoms with Crippen LogP contribution in [0.1, 0.15) is 80.3 Å². The van der Waals surface area contributed by atoms with Gasteiger partial charge in [-0.15, -0.1) is 0 Å². The van der Waals surface area contributed by atoms with Crippen molar-refractivity contribution < 1.29 is 28.6 Å². The highest BCUT2D eigenvalue weighted by molar-refractivity contribution is 6.30. The minimum absolute atomic E-state index is 0.0429. The number of hydrogen-bond donors (Lipinski definition) is 0. The molecule has 0 N–H and O–H groups in total. The summed E-state index contributed by atoms with van der Waals surface area (Å²) in [5.41, 5.74) is -1.59. The van der Waals surface area contributed by atoms with E-state index in [0.29, 0.717) is 12.2 Å². The van der Waals surface area contributed by atoms with Crippen LogP contribution in [0.5, 0.6) is 0 Å². The summed E-state index contributed by atoms with van der Waals surface area (Å²) in [6, 6.07) is 8.38. The topological polar surface area (TPSA) is 142 Å². The largest absolute Gasteiger partial charge is 0.449 e. The maximum absolute atomic E-state index is 13.0. The molecule has 10 heteroatoms. The van der Waals surface area contributed by atoms with Crippen molar-refractivity contribution in [2.45, 2.75) is 32.8 Å². The minimum Gasteiger partial charge on any atom is -0.449 e. The zero-order valence-corrected chi connectivity index (χ0v) is 17.2. The van der Waals surface area contributed by atoms with Gasteiger partial charge >= 0.3 is 5.97 Å². The molecule has 0 aliphatic heterocycles. The smallest absolute Gasteiger partial charge is 0.345 e. The van der Waals surface area contributed by atoms with Crippen molar-refractivity contribution >= 4 is 23.2 Å². The van der Waals surface area contributed by atoms with Crippen LogP contribution in [0.4, 0.5) is 5.69 Å². The maximum atomic E-state index is 13.0. The molecule has 0 saturated carbocycles. The van der Waals surface area contributed by atoms with Crippen molar-refractivity contribution in [1.82, 2.24) is 10.1 Å². The molecule has 1 unspecified atom stereocenters. The van der Waals surface area contributed by atoms with Gasteiger partial charge in [0.1, 0.15) is 11.1 Å². The molecule has 10 nitrogen and oxygen atoms in total. The quantitative estimate of drug-likeness (QED) is 0.252. The van der Waals surface area contributed by atoms with E-state index in [4.69, 9.17) is 9.26 Å². The summed E-state index contributed by atoms with van der Waals surface area (Å²) in [4.78, 5) is 53.8. The molecule has 1 heterocycles. The SMILES string of the molecule is CCCc1noc(C(C)OC(=O)c2ccc3c(c2[N+](=O)[O-])C(=O)c2ccccc2C3=O)n1. The number of carbonyl (C=O) groups excluding carboxylic acids is 3. The molecule has 1 aliphatic rings. The Morgan fingerprint density at radius 1 is 1.12 bits per heavy atom. The van der Waals surface area contributed by atoms with Crippen molar-refractivity contribution in [2.75, 3.05) is 0 Å². The highest BCUT2D eigenvalue weighted by Crippen LogP contribution is 2.36. The lowest BCUT2D eigenvalue weighted by atomic mass is 9.82. The van der Waals surface area contributed by atoms with Gasteiger partial charge in [-0.05, 0) is 25.5 Å². The lowest BCUT2D eigenvalue weighted by molar-refractivity contribution is -0.385. The minimum atomic E-state index is -1.05. The molecule has 0 bridgehead atoms. The predicted octanol–water partition coefficient (Wildman–Crippen LogP) is 3.62. The molecule has 1 atom stereocenters. The van der Waals surface area contributed by atoms with Crippen molar-refractivity contribution in [3.05, 3.63) is 86.0 Å². The number of rotatable bonds is 6. The van der Waals surface area contributed by atoms with Gasteiger partial charge in [-0.3, -0.25) is 19.7 Å². The number of hydrogen-bond acceptors (Lipinski definition) is 9. The second-order valence-electron chi connectivity index (χ2n) is 7.19. The molecule has 0 amide bonds. The van der Waals surface area contributed by atoms with Crippen LogP contribution in [0, 0.1) is 10.1 Å². The molecule has 4 rings (SSSR count). The molecule has 0 spiro atoms. The Morgan fingerprint density at radius 2 is 1.81 bits per heavy atom. The molecule has 1 aromatic heterocycles. The number of ether oxygens (including phenoxy) is 1. The first-order valence-electron chi connectivity index (χ1n) is 9.86. The number of esters is 1. The molecule has 2 aromatic carbocycles. The Morgan fingerprint density at radius 3 is 2.47 bits per heavy atom. The molecule has 162 valence electrons. The second-order valence-corrected chi connectivity index (χ2v) is 7.19. The second kappa shape index (κ2) is 8.14. The first-order valence-corrected chi connectivity index (χ1v) is 9.86. The van der Waals surface area contributed by atoms with Crippen molar-refractivity contribution in [3.63, 3.8) is 0 Å². The summed E-state index contributed by atoms with van der Waals surface area (Å²) in [6.45, 7) is 3.43. The fraction of sp³-hybridized carbons (Fsp3) is 0.227. The van der Waals surface area contributed by atoms with E-state index in [2.05, 4.69) is 10.1 Å². The average Bonchev–Trinajstić information content (AvgIpc) is 3.25. The summed E-state index contributed by atoms with van der Waals surface area (Å²) in [6.07, 6.45) is 0.400. The average molecular weight is 435 g/mol. The predicted molar refractivity (Wildman–Crippen MR) is 109 cm³/mol. The molecular formula is C22H17N3O7. The van der Waals surface area contributed by atoms with E-state index < -0.39 is 45.4 Å². The standard InChI is InChI=1S/C22H17N3O7/c1-3-6-16-23-21(32-24-16)11(2)31-22(28)15-10-9-14-17(18(15)25(29)30)20(27)13-8-5-4-7-12(13)19(14)26/h4-5,7-11H,3,6H2,1-2H3. The maximum Gasteiger partial charge on any atom is 0.345 e. The Labute approximate surface area is 181 Å². The van der Waals surface area contributed by atoms with E-state index in [9.17, 15) is 24.5 Å². The van der Waals surface area contributed by atoms with Gasteiger partial charge in [-0.25, -0.2) is 4.79 Å². The van der Waals surface area contributed by atoms with Crippen LogP contribution in [-0.4, -0.2) is 32.6 Å². The van der Waals surface area contributed by atoms with Crippen LogP contribution in [0.25, 0.3) is 0 Å². The third kappa shape index (κ3) is 3.45. The van der Waals surface area contributed by atoms with Gasteiger partial charge in [-0.2, -0.15) is 4.98 Å². The van der Waals surface area contributed by atoms with Crippen molar-refractivity contribution in [1.29, 1.82) is 0 Å². The summed E-state index contributed by atoms with van der Waals surface area (Å²) in [5.74, 6) is -1.79. The zero-order chi connectivity index (χ0) is 23.0. The van der Waals surface area contributed by atoms with Crippen LogP contribution in [0.15, 0.2) is 40.9 Å². The Kier molecular flexibility index (Phi) is 5.35.